The molecule has 1 nitrogen and oxygen atoms in total. The van der Waals surface area contributed by atoms with Crippen molar-refractivity contribution in [1.82, 2.24) is 0 Å². The molecule has 0 aromatic carbocycles. The summed E-state index contributed by atoms with van der Waals surface area (Å²) in [5, 5.41) is 0. The molecule has 0 spiro atoms. The number of rotatable bonds is 1. The second-order valence-electron chi connectivity index (χ2n) is 0.402. The van der Waals surface area contributed by atoms with Crippen molar-refractivity contribution < 1.29 is 4.79 Å². The summed E-state index contributed by atoms with van der Waals surface area (Å²) in [7, 11) is 0. The third kappa shape index (κ3) is 10.8. The van der Waals surface area contributed by atoms with Gasteiger partial charge in [-0.2, -0.15) is 0 Å². The van der Waals surface area contributed by atoms with E-state index in [4.69, 9.17) is 0 Å². The normalized spacial score (nSPS) is 5.00. The second kappa shape index (κ2) is 9.08. The molecule has 0 atom stereocenters. The van der Waals surface area contributed by atoms with E-state index in [9.17, 15) is 4.79 Å². The number of hydrogen-bond donors (Lipinski definition) is 0. The molecule has 0 aromatic rings. The zero-order chi connectivity index (χ0) is 3.41. The molecule has 0 aromatic heterocycles. The van der Waals surface area contributed by atoms with Crippen LogP contribution in [0.15, 0.2) is 0 Å². The van der Waals surface area contributed by atoms with Crippen LogP contribution in [0.5, 0.6) is 0 Å². The van der Waals surface area contributed by atoms with Crippen LogP contribution in [0.3, 0.4) is 0 Å². The molecule has 0 saturated carbocycles. The molecule has 0 unspecified atom stereocenters. The van der Waals surface area contributed by atoms with Crippen molar-refractivity contribution in [3.63, 3.8) is 0 Å². The van der Waals surface area contributed by atoms with Crippen molar-refractivity contribution in [2.24, 2.45) is 0 Å². The van der Waals surface area contributed by atoms with Crippen LogP contribution in [0, 0.1) is 0 Å². The van der Waals surface area contributed by atoms with Crippen LogP contribution in [0.2, 0.25) is 4.44 Å². The molecule has 24 valence electrons. The first-order valence-corrected chi connectivity index (χ1v) is 3.38. The van der Waals surface area contributed by atoms with Gasteiger partial charge in [0.1, 0.15) is 0 Å². The molecule has 0 N–H and O–H groups in total. The van der Waals surface area contributed by atoms with Crippen molar-refractivity contribution in [3.8, 4) is 0 Å². The minimum atomic E-state index is 0. The number of carbonyl (C=O) groups excluding carboxylic acids is 1. The van der Waals surface area contributed by atoms with Crippen molar-refractivity contribution >= 4 is 58.4 Å². The van der Waals surface area contributed by atoms with Gasteiger partial charge in [-0.15, -0.1) is 0 Å². The van der Waals surface area contributed by atoms with E-state index in [0.29, 0.717) is 0 Å². The summed E-state index contributed by atoms with van der Waals surface area (Å²) >= 11 is 1.07. The Morgan fingerprint density at radius 2 is 2.00 bits per heavy atom. The van der Waals surface area contributed by atoms with E-state index in [-0.39, 0.29) is 29.6 Å². The van der Waals surface area contributed by atoms with Gasteiger partial charge in [-0.25, -0.2) is 0 Å². The average Bonchev–Trinajstić information content (AvgIpc) is 1.37. The van der Waals surface area contributed by atoms with Gasteiger partial charge in [0, 0.05) is 0 Å². The van der Waals surface area contributed by atoms with Gasteiger partial charge in [-0.05, 0) is 0 Å². The SMILES string of the molecule is O=C[CH2][SnH].[NaH]. The van der Waals surface area contributed by atoms with Crippen LogP contribution in [0.4, 0.5) is 0 Å². The molecule has 2 radical (unpaired) electrons. The Labute approximate surface area is 66.9 Å². The Kier molecular flexibility index (Phi) is 17.6. The van der Waals surface area contributed by atoms with E-state index in [1.54, 1.807) is 0 Å². The topological polar surface area (TPSA) is 17.1 Å². The summed E-state index contributed by atoms with van der Waals surface area (Å²) in [6.45, 7) is 0. The molecule has 0 aliphatic rings. The third-order valence-electron chi connectivity index (χ3n) is 0.0962. The van der Waals surface area contributed by atoms with Crippen molar-refractivity contribution in [3.05, 3.63) is 0 Å². The Hall–Kier alpha value is 1.47. The van der Waals surface area contributed by atoms with Crippen LogP contribution >= 0.6 is 0 Å². The predicted octanol–water partition coefficient (Wildman–Crippen LogP) is -1.14. The van der Waals surface area contributed by atoms with Gasteiger partial charge in [0.15, 0.2) is 0 Å². The van der Waals surface area contributed by atoms with Crippen molar-refractivity contribution in [2.75, 3.05) is 0 Å². The summed E-state index contributed by atoms with van der Waals surface area (Å²) in [6.07, 6.45) is 0.933. The quantitative estimate of drug-likeness (QED) is 0.374. The van der Waals surface area contributed by atoms with E-state index in [1.807, 2.05) is 0 Å². The number of aldehydes is 1. The first kappa shape index (κ1) is 9.69. The van der Waals surface area contributed by atoms with Crippen molar-refractivity contribution in [2.45, 2.75) is 4.44 Å². The molecule has 0 fully saturated rings. The molecular formula is C2H5NaOSn. The van der Waals surface area contributed by atoms with Gasteiger partial charge in [0.2, 0.25) is 0 Å². The molecule has 0 rings (SSSR count). The van der Waals surface area contributed by atoms with Crippen molar-refractivity contribution in [1.29, 1.82) is 0 Å². The maximum absolute atomic E-state index is 9.21. The molecule has 0 bridgehead atoms. The Bertz CT molecular complexity index is 23.6. The molecular weight excluding hydrogens is 182 g/mol. The van der Waals surface area contributed by atoms with Gasteiger partial charge < -0.3 is 0 Å². The van der Waals surface area contributed by atoms with Crippen LogP contribution in [-0.4, -0.2) is 58.4 Å². The van der Waals surface area contributed by atoms with Gasteiger partial charge in [-0.1, -0.05) is 0 Å². The van der Waals surface area contributed by atoms with Gasteiger partial charge >= 0.3 is 67.6 Å². The Morgan fingerprint density at radius 1 is 1.80 bits per heavy atom. The third-order valence-corrected chi connectivity index (χ3v) is 0.645. The van der Waals surface area contributed by atoms with E-state index >= 15 is 0 Å². The molecule has 3 heteroatoms. The summed E-state index contributed by atoms with van der Waals surface area (Å²) < 4.78 is 0.769. The van der Waals surface area contributed by atoms with Crippen LogP contribution in [0.25, 0.3) is 0 Å². The first-order chi connectivity index (χ1) is 1.91. The fourth-order valence-electron chi connectivity index (χ4n) is 0. The van der Waals surface area contributed by atoms with E-state index in [2.05, 4.69) is 0 Å². The van der Waals surface area contributed by atoms with Crippen LogP contribution < -0.4 is 0 Å². The summed E-state index contributed by atoms with van der Waals surface area (Å²) in [6, 6.07) is 0. The van der Waals surface area contributed by atoms with E-state index in [0.717, 1.165) is 33.2 Å². The van der Waals surface area contributed by atoms with Gasteiger partial charge in [-0.3, -0.25) is 0 Å². The van der Waals surface area contributed by atoms with Crippen LogP contribution in [-0.2, 0) is 4.79 Å². The fourth-order valence-corrected chi connectivity index (χ4v) is 0. The molecule has 0 heterocycles. The van der Waals surface area contributed by atoms with Gasteiger partial charge in [0.05, 0.1) is 0 Å². The molecule has 0 aliphatic carbocycles. The maximum atomic E-state index is 9.21. The summed E-state index contributed by atoms with van der Waals surface area (Å²) in [5.41, 5.74) is 0. The van der Waals surface area contributed by atoms with E-state index in [1.165, 1.54) is 0 Å². The average molecular weight is 187 g/mol. The minimum absolute atomic E-state index is 0. The standard InChI is InChI=1S/C2H3O.Na.Sn.2H/c1-2-3;;;;/h2H,1H2;;;;. The van der Waals surface area contributed by atoms with Gasteiger partial charge in [0.25, 0.3) is 0 Å². The predicted molar refractivity (Wildman–Crippen MR) is 25.2 cm³/mol. The summed E-state index contributed by atoms with van der Waals surface area (Å²) in [5.74, 6) is 0. The first-order valence-electron chi connectivity index (χ1n) is 1.05. The number of hydrogen-bond acceptors (Lipinski definition) is 1. The molecule has 0 amide bonds. The Morgan fingerprint density at radius 3 is 2.00 bits per heavy atom. The zero-order valence-corrected chi connectivity index (χ0v) is 5.57. The molecule has 5 heavy (non-hydrogen) atoms. The molecule has 0 saturated heterocycles. The second-order valence-corrected chi connectivity index (χ2v) is 1.75. The molecule has 0 aliphatic heterocycles. The van der Waals surface area contributed by atoms with Crippen LogP contribution in [0.1, 0.15) is 0 Å². The summed E-state index contributed by atoms with van der Waals surface area (Å²) in [4.78, 5) is 9.21. The number of carbonyl (C=O) groups is 1. The van der Waals surface area contributed by atoms with E-state index < -0.39 is 0 Å². The fraction of sp³-hybridized carbons (Fsp3) is 0.500. The zero-order valence-electron chi connectivity index (χ0n) is 2.27. The Balaban J connectivity index is 0. The monoisotopic (exact) mass is 188 g/mol.